The molecule has 0 aliphatic heterocycles. The summed E-state index contributed by atoms with van der Waals surface area (Å²) in [6.45, 7) is 0. The van der Waals surface area contributed by atoms with Gasteiger partial charge in [-0.1, -0.05) is 11.6 Å². The first kappa shape index (κ1) is 13.8. The van der Waals surface area contributed by atoms with Crippen molar-refractivity contribution in [2.24, 2.45) is 0 Å². The number of fused-ring (bicyclic) bond motifs is 1. The van der Waals surface area contributed by atoms with Gasteiger partial charge >= 0.3 is 0 Å². The Bertz CT molecular complexity index is 962. The minimum atomic E-state index is -0.289. The summed E-state index contributed by atoms with van der Waals surface area (Å²) in [5.41, 5.74) is 2.12. The number of nitrogens with zero attached hydrogens (tertiary/aromatic N) is 2. The summed E-state index contributed by atoms with van der Waals surface area (Å²) in [7, 11) is 0. The zero-order valence-electron chi connectivity index (χ0n) is 11.8. The Morgan fingerprint density at radius 2 is 1.91 bits per heavy atom. The molecule has 0 unspecified atom stereocenters. The molecule has 0 aliphatic carbocycles. The van der Waals surface area contributed by atoms with Crippen molar-refractivity contribution in [1.29, 1.82) is 0 Å². The summed E-state index contributed by atoms with van der Waals surface area (Å²) in [5.74, 6) is 1.04. The number of halogens is 2. The quantitative estimate of drug-likeness (QED) is 0.567. The van der Waals surface area contributed by atoms with Crippen molar-refractivity contribution in [2.75, 3.05) is 5.32 Å². The van der Waals surface area contributed by atoms with Gasteiger partial charge in [0.05, 0.1) is 11.3 Å². The van der Waals surface area contributed by atoms with Gasteiger partial charge in [0.2, 0.25) is 0 Å². The van der Waals surface area contributed by atoms with Crippen molar-refractivity contribution in [3.05, 3.63) is 71.8 Å². The molecule has 0 saturated carbocycles. The van der Waals surface area contributed by atoms with Gasteiger partial charge in [0, 0.05) is 11.9 Å². The Balaban J connectivity index is 1.89. The number of furan rings is 1. The molecule has 114 valence electrons. The fourth-order valence-electron chi connectivity index (χ4n) is 2.39. The van der Waals surface area contributed by atoms with Crippen molar-refractivity contribution in [3.63, 3.8) is 0 Å². The maximum atomic E-state index is 13.1. The molecular weight excluding hydrogens is 317 g/mol. The maximum Gasteiger partial charge on any atom is 0.156 e. The molecule has 6 heteroatoms. The second-order valence-electron chi connectivity index (χ2n) is 4.99. The first-order valence-corrected chi connectivity index (χ1v) is 7.32. The molecule has 1 aromatic carbocycles. The van der Waals surface area contributed by atoms with Crippen molar-refractivity contribution in [3.8, 4) is 11.5 Å². The van der Waals surface area contributed by atoms with E-state index in [4.69, 9.17) is 16.0 Å². The van der Waals surface area contributed by atoms with Crippen LogP contribution in [0.3, 0.4) is 0 Å². The number of benzene rings is 1. The van der Waals surface area contributed by atoms with Gasteiger partial charge in [0.1, 0.15) is 23.0 Å². The molecule has 0 aliphatic rings. The number of anilines is 2. The number of aromatic nitrogens is 2. The second-order valence-corrected chi connectivity index (χ2v) is 5.43. The molecule has 1 N–H and O–H groups in total. The number of pyridine rings is 1. The maximum absolute atomic E-state index is 13.1. The molecule has 3 heterocycles. The smallest absolute Gasteiger partial charge is 0.156 e. The van der Waals surface area contributed by atoms with Crippen LogP contribution in [0.5, 0.6) is 0 Å². The Morgan fingerprint density at radius 3 is 2.65 bits per heavy atom. The molecule has 3 aromatic heterocycles. The fraction of sp³-hybridized carbons (Fsp3) is 0. The number of hydrogen-bond acceptors (Lipinski definition) is 3. The topological polar surface area (TPSA) is 42.5 Å². The number of imidazole rings is 1. The molecule has 4 aromatic rings. The van der Waals surface area contributed by atoms with Gasteiger partial charge in [0.25, 0.3) is 0 Å². The van der Waals surface area contributed by atoms with Crippen LogP contribution in [0.25, 0.3) is 17.1 Å². The van der Waals surface area contributed by atoms with Crippen LogP contribution in [0, 0.1) is 5.82 Å². The molecule has 0 spiro atoms. The third-order valence-corrected chi connectivity index (χ3v) is 3.67. The standard InChI is InChI=1S/C17H11ClFN3O/c18-11-3-8-15-21-16(14-2-1-9-23-14)17(22(15)10-11)20-13-6-4-12(19)5-7-13/h1-10,20H. The van der Waals surface area contributed by atoms with E-state index in [1.165, 1.54) is 12.1 Å². The van der Waals surface area contributed by atoms with Gasteiger partial charge in [0.15, 0.2) is 5.76 Å². The number of nitrogens with one attached hydrogen (secondary N) is 1. The third-order valence-electron chi connectivity index (χ3n) is 3.44. The minimum Gasteiger partial charge on any atom is -0.463 e. The van der Waals surface area contributed by atoms with Crippen molar-refractivity contribution >= 4 is 28.8 Å². The highest BCUT2D eigenvalue weighted by Crippen LogP contribution is 2.32. The SMILES string of the molecule is Fc1ccc(Nc2c(-c3ccco3)nc3ccc(Cl)cn23)cc1. The molecule has 0 atom stereocenters. The highest BCUT2D eigenvalue weighted by Gasteiger charge is 2.16. The molecule has 0 radical (unpaired) electrons. The van der Waals surface area contributed by atoms with Crippen LogP contribution in [0.2, 0.25) is 5.02 Å². The van der Waals surface area contributed by atoms with Crippen LogP contribution in [0.4, 0.5) is 15.9 Å². The zero-order valence-corrected chi connectivity index (χ0v) is 12.6. The summed E-state index contributed by atoms with van der Waals surface area (Å²) in [5, 5.41) is 3.84. The van der Waals surface area contributed by atoms with E-state index >= 15 is 0 Å². The van der Waals surface area contributed by atoms with E-state index in [-0.39, 0.29) is 5.82 Å². The first-order valence-electron chi connectivity index (χ1n) is 6.95. The van der Waals surface area contributed by atoms with Crippen LogP contribution >= 0.6 is 11.6 Å². The largest absolute Gasteiger partial charge is 0.463 e. The van der Waals surface area contributed by atoms with E-state index in [0.29, 0.717) is 22.3 Å². The van der Waals surface area contributed by atoms with E-state index in [0.717, 1.165) is 11.3 Å². The highest BCUT2D eigenvalue weighted by atomic mass is 35.5. The lowest BCUT2D eigenvalue weighted by Gasteiger charge is -2.08. The average Bonchev–Trinajstić information content (AvgIpc) is 3.18. The number of hydrogen-bond donors (Lipinski definition) is 1. The Kier molecular flexibility index (Phi) is 3.28. The van der Waals surface area contributed by atoms with E-state index in [1.807, 2.05) is 16.5 Å². The highest BCUT2D eigenvalue weighted by molar-refractivity contribution is 6.30. The molecule has 4 nitrogen and oxygen atoms in total. The lowest BCUT2D eigenvalue weighted by atomic mass is 10.3. The lowest BCUT2D eigenvalue weighted by molar-refractivity contribution is 0.581. The van der Waals surface area contributed by atoms with Gasteiger partial charge in [-0.25, -0.2) is 9.37 Å². The van der Waals surface area contributed by atoms with Crippen molar-refractivity contribution in [1.82, 2.24) is 9.38 Å². The summed E-state index contributed by atoms with van der Waals surface area (Å²) >= 11 is 6.10. The normalized spacial score (nSPS) is 11.0. The first-order chi connectivity index (χ1) is 11.2. The molecular formula is C17H11ClFN3O. The lowest BCUT2D eigenvalue weighted by Crippen LogP contribution is -1.96. The third kappa shape index (κ3) is 2.55. The van der Waals surface area contributed by atoms with E-state index in [2.05, 4.69) is 10.3 Å². The summed E-state index contributed by atoms with van der Waals surface area (Å²) < 4.78 is 20.4. The van der Waals surface area contributed by atoms with Crippen LogP contribution in [0.1, 0.15) is 0 Å². The minimum absolute atomic E-state index is 0.289. The predicted molar refractivity (Wildman–Crippen MR) is 87.6 cm³/mol. The number of rotatable bonds is 3. The van der Waals surface area contributed by atoms with E-state index < -0.39 is 0 Å². The van der Waals surface area contributed by atoms with Crippen LogP contribution in [0.15, 0.2) is 65.4 Å². The van der Waals surface area contributed by atoms with Gasteiger partial charge < -0.3 is 9.73 Å². The Labute approximate surface area is 136 Å². The van der Waals surface area contributed by atoms with Gasteiger partial charge in [-0.2, -0.15) is 0 Å². The van der Waals surface area contributed by atoms with E-state index in [1.54, 1.807) is 36.7 Å². The summed E-state index contributed by atoms with van der Waals surface area (Å²) in [6.07, 6.45) is 3.36. The van der Waals surface area contributed by atoms with E-state index in [9.17, 15) is 4.39 Å². The van der Waals surface area contributed by atoms with Gasteiger partial charge in [-0.05, 0) is 48.5 Å². The van der Waals surface area contributed by atoms with Crippen LogP contribution < -0.4 is 5.32 Å². The molecule has 0 bridgehead atoms. The Hall–Kier alpha value is -2.79. The molecule has 0 fully saturated rings. The molecule has 0 saturated heterocycles. The molecule has 23 heavy (non-hydrogen) atoms. The summed E-state index contributed by atoms with van der Waals surface area (Å²) in [4.78, 5) is 4.58. The van der Waals surface area contributed by atoms with Gasteiger partial charge in [-0.3, -0.25) is 4.40 Å². The predicted octanol–water partition coefficient (Wildman–Crippen LogP) is 5.13. The average molecular weight is 328 g/mol. The Morgan fingerprint density at radius 1 is 1.09 bits per heavy atom. The second kappa shape index (κ2) is 5.44. The van der Waals surface area contributed by atoms with Gasteiger partial charge in [-0.15, -0.1) is 0 Å². The molecule has 4 rings (SSSR count). The molecule has 0 amide bonds. The van der Waals surface area contributed by atoms with Crippen molar-refractivity contribution < 1.29 is 8.81 Å². The fourth-order valence-corrected chi connectivity index (χ4v) is 2.55. The zero-order chi connectivity index (χ0) is 15.8. The monoisotopic (exact) mass is 327 g/mol. The van der Waals surface area contributed by atoms with Crippen LogP contribution in [-0.2, 0) is 0 Å². The summed E-state index contributed by atoms with van der Waals surface area (Å²) in [6, 6.07) is 13.3. The van der Waals surface area contributed by atoms with Crippen LogP contribution in [-0.4, -0.2) is 9.38 Å². The van der Waals surface area contributed by atoms with Crippen molar-refractivity contribution in [2.45, 2.75) is 0 Å².